The number of hydrogen-bond donors (Lipinski definition) is 2. The molecule has 0 aliphatic carbocycles. The van der Waals surface area contributed by atoms with Crippen LogP contribution in [0.3, 0.4) is 0 Å². The summed E-state index contributed by atoms with van der Waals surface area (Å²) >= 11 is 5.94. The van der Waals surface area contributed by atoms with Gasteiger partial charge < -0.3 is 10.6 Å². The highest BCUT2D eigenvalue weighted by Gasteiger charge is 2.27. The second-order valence-corrected chi connectivity index (χ2v) is 6.68. The van der Waals surface area contributed by atoms with E-state index < -0.39 is 35.1 Å². The maximum Gasteiger partial charge on any atom is 0.257 e. The number of anilines is 1. The number of benzene rings is 2. The maximum atomic E-state index is 13.8. The zero-order valence-electron chi connectivity index (χ0n) is 14.6. The molecular formula is C19H19ClF2N2O2. The van der Waals surface area contributed by atoms with E-state index >= 15 is 0 Å². The summed E-state index contributed by atoms with van der Waals surface area (Å²) in [6.45, 7) is 5.23. The summed E-state index contributed by atoms with van der Waals surface area (Å²) in [5.74, 6) is -3.78. The van der Waals surface area contributed by atoms with Crippen LogP contribution in [0, 0.1) is 24.5 Å². The molecule has 0 spiro atoms. The van der Waals surface area contributed by atoms with Gasteiger partial charge in [0.2, 0.25) is 5.91 Å². The van der Waals surface area contributed by atoms with Gasteiger partial charge in [0.15, 0.2) is 0 Å². The third kappa shape index (κ3) is 4.58. The molecule has 7 heteroatoms. The van der Waals surface area contributed by atoms with Crippen molar-refractivity contribution < 1.29 is 18.4 Å². The Morgan fingerprint density at radius 1 is 1.08 bits per heavy atom. The lowest BCUT2D eigenvalue weighted by Crippen LogP contribution is -2.47. The van der Waals surface area contributed by atoms with Gasteiger partial charge in [0.25, 0.3) is 5.91 Å². The Hall–Kier alpha value is -2.47. The molecule has 0 heterocycles. The predicted molar refractivity (Wildman–Crippen MR) is 97.3 cm³/mol. The molecule has 2 amide bonds. The largest absolute Gasteiger partial charge is 0.340 e. The number of halogens is 3. The number of carbonyl (C=O) groups is 2. The first-order valence-corrected chi connectivity index (χ1v) is 8.40. The van der Waals surface area contributed by atoms with Crippen LogP contribution in [0.1, 0.15) is 29.8 Å². The molecule has 2 rings (SSSR count). The van der Waals surface area contributed by atoms with Crippen LogP contribution in [0.4, 0.5) is 14.5 Å². The monoisotopic (exact) mass is 380 g/mol. The summed E-state index contributed by atoms with van der Waals surface area (Å²) in [5.41, 5.74) is 0.570. The molecule has 0 unspecified atom stereocenters. The summed E-state index contributed by atoms with van der Waals surface area (Å²) in [7, 11) is 0. The number of nitrogens with one attached hydrogen (secondary N) is 2. The fourth-order valence-corrected chi connectivity index (χ4v) is 2.57. The van der Waals surface area contributed by atoms with Crippen molar-refractivity contribution in [3.63, 3.8) is 0 Å². The maximum absolute atomic E-state index is 13.8. The van der Waals surface area contributed by atoms with Crippen molar-refractivity contribution in [2.75, 3.05) is 5.32 Å². The smallest absolute Gasteiger partial charge is 0.257 e. The molecule has 138 valence electrons. The molecule has 0 aliphatic heterocycles. The van der Waals surface area contributed by atoms with Gasteiger partial charge in [0.05, 0.1) is 0 Å². The molecular weight excluding hydrogens is 362 g/mol. The van der Waals surface area contributed by atoms with Crippen LogP contribution in [-0.2, 0) is 4.79 Å². The summed E-state index contributed by atoms with van der Waals surface area (Å²) < 4.78 is 27.6. The van der Waals surface area contributed by atoms with E-state index in [1.54, 1.807) is 39.0 Å². The third-order valence-electron chi connectivity index (χ3n) is 3.88. The average molecular weight is 381 g/mol. The van der Waals surface area contributed by atoms with Crippen LogP contribution in [0.15, 0.2) is 36.4 Å². The zero-order chi connectivity index (χ0) is 19.4. The van der Waals surface area contributed by atoms with E-state index in [4.69, 9.17) is 11.6 Å². The van der Waals surface area contributed by atoms with Gasteiger partial charge in [-0.1, -0.05) is 37.6 Å². The first-order chi connectivity index (χ1) is 12.2. The van der Waals surface area contributed by atoms with E-state index in [1.807, 2.05) is 0 Å². The second kappa shape index (κ2) is 8.27. The Morgan fingerprint density at radius 3 is 2.27 bits per heavy atom. The summed E-state index contributed by atoms with van der Waals surface area (Å²) in [6.07, 6.45) is 0. The van der Waals surface area contributed by atoms with E-state index in [9.17, 15) is 18.4 Å². The van der Waals surface area contributed by atoms with E-state index in [2.05, 4.69) is 10.6 Å². The summed E-state index contributed by atoms with van der Waals surface area (Å²) in [5, 5.41) is 5.55. The summed E-state index contributed by atoms with van der Waals surface area (Å²) in [4.78, 5) is 24.9. The molecule has 0 aromatic heterocycles. The topological polar surface area (TPSA) is 58.2 Å². The molecule has 2 N–H and O–H groups in total. The van der Waals surface area contributed by atoms with Gasteiger partial charge in [0, 0.05) is 10.7 Å². The standard InChI is InChI=1S/C19H19ClF2N2O2/c1-10(2)17(19(26)23-15-9-12(20)8-7-11(15)3)24-18(25)16-13(21)5-4-6-14(16)22/h4-10,17H,1-3H3,(H,23,26)(H,24,25)/t17-/m0/s1. The van der Waals surface area contributed by atoms with Crippen molar-refractivity contribution >= 4 is 29.1 Å². The van der Waals surface area contributed by atoms with Gasteiger partial charge in [-0.2, -0.15) is 0 Å². The molecule has 2 aromatic carbocycles. The fraction of sp³-hybridized carbons (Fsp3) is 0.263. The van der Waals surface area contributed by atoms with Crippen molar-refractivity contribution in [3.05, 3.63) is 64.2 Å². The molecule has 4 nitrogen and oxygen atoms in total. The highest BCUT2D eigenvalue weighted by Crippen LogP contribution is 2.21. The molecule has 1 atom stereocenters. The van der Waals surface area contributed by atoms with Crippen LogP contribution in [0.2, 0.25) is 5.02 Å². The lowest BCUT2D eigenvalue weighted by atomic mass is 10.0. The van der Waals surface area contributed by atoms with E-state index in [-0.39, 0.29) is 5.92 Å². The minimum atomic E-state index is -0.990. The molecule has 0 saturated carbocycles. The van der Waals surface area contributed by atoms with Crippen LogP contribution < -0.4 is 10.6 Å². The third-order valence-corrected chi connectivity index (χ3v) is 4.12. The molecule has 26 heavy (non-hydrogen) atoms. The van der Waals surface area contributed by atoms with Gasteiger partial charge in [0.1, 0.15) is 23.2 Å². The predicted octanol–water partition coefficient (Wildman–Crippen LogP) is 4.32. The van der Waals surface area contributed by atoms with Gasteiger partial charge in [-0.15, -0.1) is 0 Å². The number of hydrogen-bond acceptors (Lipinski definition) is 2. The van der Waals surface area contributed by atoms with E-state index in [1.165, 1.54) is 0 Å². The minimum absolute atomic E-state index is 0.312. The Bertz CT molecular complexity index is 820. The zero-order valence-corrected chi connectivity index (χ0v) is 15.3. The lowest BCUT2D eigenvalue weighted by molar-refractivity contribution is -0.118. The van der Waals surface area contributed by atoms with Crippen molar-refractivity contribution in [1.29, 1.82) is 0 Å². The number of aryl methyl sites for hydroxylation is 1. The Labute approximate surface area is 155 Å². The second-order valence-electron chi connectivity index (χ2n) is 6.24. The lowest BCUT2D eigenvalue weighted by Gasteiger charge is -2.22. The van der Waals surface area contributed by atoms with Crippen LogP contribution in [0.5, 0.6) is 0 Å². The first kappa shape index (κ1) is 19.8. The van der Waals surface area contributed by atoms with Crippen LogP contribution >= 0.6 is 11.6 Å². The van der Waals surface area contributed by atoms with Crippen molar-refractivity contribution in [1.82, 2.24) is 5.32 Å². The quantitative estimate of drug-likeness (QED) is 0.811. The van der Waals surface area contributed by atoms with Crippen LogP contribution in [0.25, 0.3) is 0 Å². The van der Waals surface area contributed by atoms with Gasteiger partial charge in [-0.3, -0.25) is 9.59 Å². The molecule has 0 radical (unpaired) electrons. The Balaban J connectivity index is 2.22. The van der Waals surface area contributed by atoms with Gasteiger partial charge >= 0.3 is 0 Å². The molecule has 0 fully saturated rings. The molecule has 0 bridgehead atoms. The highest BCUT2D eigenvalue weighted by atomic mass is 35.5. The molecule has 0 saturated heterocycles. The first-order valence-electron chi connectivity index (χ1n) is 8.02. The SMILES string of the molecule is Cc1ccc(Cl)cc1NC(=O)[C@@H](NC(=O)c1c(F)cccc1F)C(C)C. The van der Waals surface area contributed by atoms with Gasteiger partial charge in [-0.05, 0) is 42.7 Å². The average Bonchev–Trinajstić information content (AvgIpc) is 2.55. The Morgan fingerprint density at radius 2 is 1.69 bits per heavy atom. The van der Waals surface area contributed by atoms with E-state index in [0.717, 1.165) is 23.8 Å². The fourth-order valence-electron chi connectivity index (χ4n) is 2.40. The highest BCUT2D eigenvalue weighted by molar-refractivity contribution is 6.31. The van der Waals surface area contributed by atoms with Crippen molar-refractivity contribution in [2.24, 2.45) is 5.92 Å². The van der Waals surface area contributed by atoms with Crippen molar-refractivity contribution in [3.8, 4) is 0 Å². The summed E-state index contributed by atoms with van der Waals surface area (Å²) in [6, 6.07) is 7.17. The van der Waals surface area contributed by atoms with Crippen LogP contribution in [-0.4, -0.2) is 17.9 Å². The number of amides is 2. The molecule has 0 aliphatic rings. The number of rotatable bonds is 5. The van der Waals surface area contributed by atoms with Gasteiger partial charge in [-0.25, -0.2) is 8.78 Å². The molecule has 2 aromatic rings. The van der Waals surface area contributed by atoms with Crippen molar-refractivity contribution in [2.45, 2.75) is 26.8 Å². The van der Waals surface area contributed by atoms with E-state index in [0.29, 0.717) is 10.7 Å². The number of carbonyl (C=O) groups excluding carboxylic acids is 2. The Kier molecular flexibility index (Phi) is 6.32. The normalized spacial score (nSPS) is 12.0. The minimum Gasteiger partial charge on any atom is -0.340 e.